The third kappa shape index (κ3) is 2.06. The molecule has 3 nitrogen and oxygen atoms in total. The summed E-state index contributed by atoms with van der Waals surface area (Å²) in [7, 11) is 0. The highest BCUT2D eigenvalue weighted by molar-refractivity contribution is 5.87. The minimum Gasteiger partial charge on any atom is -0.313 e. The standard InChI is InChI=1S/C15H19N3/c1-2-18-15-8-4-3-7-13(15)14(17-18)10-12-6-5-9-16-11-12/h3-4,7-8,10,16H,2,5-6,9,11H2,1H3. The minimum absolute atomic E-state index is 0.919. The first kappa shape index (κ1) is 11.5. The highest BCUT2D eigenvalue weighted by Crippen LogP contribution is 2.22. The van der Waals surface area contributed by atoms with Gasteiger partial charge in [-0.3, -0.25) is 4.68 Å². The first-order valence-electron chi connectivity index (χ1n) is 6.74. The molecule has 1 N–H and O–H groups in total. The van der Waals surface area contributed by atoms with E-state index in [1.165, 1.54) is 29.3 Å². The quantitative estimate of drug-likeness (QED) is 0.876. The molecule has 1 aliphatic heterocycles. The Kier molecular flexibility index (Phi) is 3.15. The van der Waals surface area contributed by atoms with E-state index in [-0.39, 0.29) is 0 Å². The molecular formula is C15H19N3. The highest BCUT2D eigenvalue weighted by atomic mass is 15.3. The minimum atomic E-state index is 0.919. The van der Waals surface area contributed by atoms with Crippen molar-refractivity contribution in [3.63, 3.8) is 0 Å². The topological polar surface area (TPSA) is 29.9 Å². The number of nitrogens with zero attached hydrogens (tertiary/aromatic N) is 2. The van der Waals surface area contributed by atoms with E-state index in [0.29, 0.717) is 0 Å². The maximum absolute atomic E-state index is 4.71. The Morgan fingerprint density at radius 2 is 2.28 bits per heavy atom. The number of hydrogen-bond acceptors (Lipinski definition) is 2. The molecule has 18 heavy (non-hydrogen) atoms. The summed E-state index contributed by atoms with van der Waals surface area (Å²) in [6, 6.07) is 8.48. The molecule has 0 unspecified atom stereocenters. The number of fused-ring (bicyclic) bond motifs is 1. The number of benzene rings is 1. The summed E-state index contributed by atoms with van der Waals surface area (Å²) in [6.45, 7) is 5.20. The van der Waals surface area contributed by atoms with Gasteiger partial charge in [0.2, 0.25) is 0 Å². The summed E-state index contributed by atoms with van der Waals surface area (Å²) in [5.41, 5.74) is 3.81. The molecule has 0 aliphatic carbocycles. The lowest BCUT2D eigenvalue weighted by Gasteiger charge is -2.14. The van der Waals surface area contributed by atoms with Crippen LogP contribution in [0.15, 0.2) is 29.8 Å². The Balaban J connectivity index is 2.06. The zero-order chi connectivity index (χ0) is 12.4. The third-order valence-electron chi connectivity index (χ3n) is 3.53. The van der Waals surface area contributed by atoms with E-state index in [4.69, 9.17) is 5.10 Å². The molecule has 1 fully saturated rings. The van der Waals surface area contributed by atoms with Gasteiger partial charge >= 0.3 is 0 Å². The molecule has 3 heteroatoms. The molecule has 0 spiro atoms. The first-order chi connectivity index (χ1) is 8.88. The SMILES string of the molecule is CCn1nc(C=C2CCCNC2)c2ccccc21. The van der Waals surface area contributed by atoms with Crippen molar-refractivity contribution in [3.05, 3.63) is 35.5 Å². The molecule has 1 saturated heterocycles. The number of hydrogen-bond donors (Lipinski definition) is 1. The van der Waals surface area contributed by atoms with E-state index in [1.54, 1.807) is 0 Å². The molecule has 2 heterocycles. The van der Waals surface area contributed by atoms with Gasteiger partial charge < -0.3 is 5.32 Å². The smallest absolute Gasteiger partial charge is 0.0929 e. The van der Waals surface area contributed by atoms with Crippen molar-refractivity contribution in [1.82, 2.24) is 15.1 Å². The van der Waals surface area contributed by atoms with Crippen LogP contribution in [0.25, 0.3) is 17.0 Å². The van der Waals surface area contributed by atoms with Crippen molar-refractivity contribution < 1.29 is 0 Å². The molecule has 0 bridgehead atoms. The number of aryl methyl sites for hydroxylation is 1. The van der Waals surface area contributed by atoms with Crippen LogP contribution in [0.3, 0.4) is 0 Å². The fourth-order valence-electron chi connectivity index (χ4n) is 2.60. The van der Waals surface area contributed by atoms with Crippen LogP contribution in [0, 0.1) is 0 Å². The van der Waals surface area contributed by atoms with E-state index >= 15 is 0 Å². The van der Waals surface area contributed by atoms with Crippen LogP contribution in [0.4, 0.5) is 0 Å². The van der Waals surface area contributed by atoms with Gasteiger partial charge in [-0.1, -0.05) is 23.8 Å². The van der Waals surface area contributed by atoms with E-state index in [9.17, 15) is 0 Å². The summed E-state index contributed by atoms with van der Waals surface area (Å²) in [5.74, 6) is 0. The largest absolute Gasteiger partial charge is 0.313 e. The maximum Gasteiger partial charge on any atom is 0.0929 e. The monoisotopic (exact) mass is 241 g/mol. The van der Waals surface area contributed by atoms with Gasteiger partial charge in [0.05, 0.1) is 11.2 Å². The molecule has 0 radical (unpaired) electrons. The number of piperidine rings is 1. The average molecular weight is 241 g/mol. The summed E-state index contributed by atoms with van der Waals surface area (Å²) >= 11 is 0. The van der Waals surface area contributed by atoms with Crippen LogP contribution in [0.2, 0.25) is 0 Å². The predicted molar refractivity (Wildman–Crippen MR) is 75.5 cm³/mol. The zero-order valence-corrected chi connectivity index (χ0v) is 10.8. The second-order valence-electron chi connectivity index (χ2n) is 4.80. The molecule has 0 saturated carbocycles. The van der Waals surface area contributed by atoms with Crippen molar-refractivity contribution in [3.8, 4) is 0 Å². The normalized spacial score (nSPS) is 18.6. The lowest BCUT2D eigenvalue weighted by atomic mass is 10.0. The highest BCUT2D eigenvalue weighted by Gasteiger charge is 2.09. The summed E-state index contributed by atoms with van der Waals surface area (Å²) < 4.78 is 2.08. The van der Waals surface area contributed by atoms with Crippen LogP contribution < -0.4 is 5.32 Å². The fourth-order valence-corrected chi connectivity index (χ4v) is 2.60. The van der Waals surface area contributed by atoms with Crippen molar-refractivity contribution in [2.24, 2.45) is 0 Å². The molecule has 94 valence electrons. The first-order valence-corrected chi connectivity index (χ1v) is 6.74. The van der Waals surface area contributed by atoms with Crippen molar-refractivity contribution in [1.29, 1.82) is 0 Å². The van der Waals surface area contributed by atoms with Gasteiger partial charge in [0.1, 0.15) is 0 Å². The van der Waals surface area contributed by atoms with Crippen LogP contribution in [-0.2, 0) is 6.54 Å². The molecule has 3 rings (SSSR count). The van der Waals surface area contributed by atoms with Gasteiger partial charge in [0.15, 0.2) is 0 Å². The Hall–Kier alpha value is -1.61. The van der Waals surface area contributed by atoms with Crippen LogP contribution in [0.1, 0.15) is 25.5 Å². The number of rotatable bonds is 2. The second kappa shape index (κ2) is 4.94. The fraction of sp³-hybridized carbons (Fsp3) is 0.400. The Labute approximate surface area is 107 Å². The zero-order valence-electron chi connectivity index (χ0n) is 10.8. The van der Waals surface area contributed by atoms with E-state index in [1.807, 2.05) is 0 Å². The van der Waals surface area contributed by atoms with E-state index in [0.717, 1.165) is 25.3 Å². The predicted octanol–water partition coefficient (Wildman–Crippen LogP) is 2.82. The van der Waals surface area contributed by atoms with Gasteiger partial charge in [-0.2, -0.15) is 5.10 Å². The molecule has 2 aromatic rings. The third-order valence-corrected chi connectivity index (χ3v) is 3.53. The Bertz CT molecular complexity index is 572. The van der Waals surface area contributed by atoms with Crippen molar-refractivity contribution >= 4 is 17.0 Å². The average Bonchev–Trinajstić information content (AvgIpc) is 2.78. The number of nitrogens with one attached hydrogen (secondary N) is 1. The van der Waals surface area contributed by atoms with Crippen molar-refractivity contribution in [2.75, 3.05) is 13.1 Å². The summed E-state index contributed by atoms with van der Waals surface area (Å²) in [4.78, 5) is 0. The van der Waals surface area contributed by atoms with Gasteiger partial charge in [0.25, 0.3) is 0 Å². The van der Waals surface area contributed by atoms with Gasteiger partial charge in [-0.05, 0) is 38.5 Å². The summed E-state index contributed by atoms with van der Waals surface area (Å²) in [6.07, 6.45) is 4.69. The second-order valence-corrected chi connectivity index (χ2v) is 4.80. The lowest BCUT2D eigenvalue weighted by molar-refractivity contribution is 0.612. The van der Waals surface area contributed by atoms with Gasteiger partial charge in [-0.15, -0.1) is 0 Å². The van der Waals surface area contributed by atoms with E-state index in [2.05, 4.69) is 47.3 Å². The van der Waals surface area contributed by atoms with Gasteiger partial charge in [-0.25, -0.2) is 0 Å². The van der Waals surface area contributed by atoms with Crippen LogP contribution >= 0.6 is 0 Å². The molecule has 1 aromatic heterocycles. The van der Waals surface area contributed by atoms with Crippen LogP contribution in [0.5, 0.6) is 0 Å². The number of aromatic nitrogens is 2. The molecule has 1 aromatic carbocycles. The molecule has 0 atom stereocenters. The van der Waals surface area contributed by atoms with Crippen molar-refractivity contribution in [2.45, 2.75) is 26.3 Å². The van der Waals surface area contributed by atoms with Crippen LogP contribution in [-0.4, -0.2) is 22.9 Å². The molecule has 1 aliphatic rings. The van der Waals surface area contributed by atoms with E-state index < -0.39 is 0 Å². The van der Waals surface area contributed by atoms with Gasteiger partial charge in [0, 0.05) is 18.5 Å². The summed E-state index contributed by atoms with van der Waals surface area (Å²) in [5, 5.41) is 9.40. The lowest BCUT2D eigenvalue weighted by Crippen LogP contribution is -2.23. The Morgan fingerprint density at radius 1 is 1.39 bits per heavy atom. The number of para-hydroxylation sites is 1. The Morgan fingerprint density at radius 3 is 3.06 bits per heavy atom. The maximum atomic E-state index is 4.71. The molecular weight excluding hydrogens is 222 g/mol. The molecule has 0 amide bonds.